The number of thioether (sulfide) groups is 1. The molecular weight excluding hydrogens is 372 g/mol. The summed E-state index contributed by atoms with van der Waals surface area (Å²) in [5.41, 5.74) is 3.66. The number of amides is 2. The first kappa shape index (κ1) is 21.8. The number of ether oxygens (including phenoxy) is 1. The largest absolute Gasteiger partial charge is 0.492 e. The van der Waals surface area contributed by atoms with Crippen LogP contribution in [0.1, 0.15) is 31.9 Å². The smallest absolute Gasteiger partial charge is 0.237 e. The van der Waals surface area contributed by atoms with Crippen LogP contribution in [-0.2, 0) is 16.0 Å². The molecule has 0 saturated heterocycles. The van der Waals surface area contributed by atoms with Crippen molar-refractivity contribution in [1.82, 2.24) is 0 Å². The molecule has 2 aromatic carbocycles. The van der Waals surface area contributed by atoms with Crippen LogP contribution < -0.4 is 15.4 Å². The highest BCUT2D eigenvalue weighted by atomic mass is 32.2. The van der Waals surface area contributed by atoms with Crippen molar-refractivity contribution in [2.45, 2.75) is 39.4 Å². The number of aryl methyl sites for hydroxylation is 2. The van der Waals surface area contributed by atoms with Crippen LogP contribution in [0.15, 0.2) is 42.5 Å². The molecule has 1 unspecified atom stereocenters. The lowest BCUT2D eigenvalue weighted by Crippen LogP contribution is -2.26. The van der Waals surface area contributed by atoms with Crippen LogP contribution in [0.3, 0.4) is 0 Å². The number of carbonyl (C=O) groups is 2. The number of benzene rings is 2. The molecule has 0 bridgehead atoms. The van der Waals surface area contributed by atoms with Crippen molar-refractivity contribution in [3.63, 3.8) is 0 Å². The standard InChI is InChI=1S/C22H28N2O3S/c1-5-17-11-9-10-15(3)21(17)24-22(26)16(4)28-14-20(25)23-18-12-7-8-13-19(18)27-6-2/h7-13,16H,5-6,14H2,1-4H3,(H,23,25)(H,24,26). The zero-order valence-electron chi connectivity index (χ0n) is 16.9. The number of hydrogen-bond acceptors (Lipinski definition) is 4. The lowest BCUT2D eigenvalue weighted by atomic mass is 10.1. The fraction of sp³-hybridized carbons (Fsp3) is 0.364. The molecule has 0 aromatic heterocycles. The van der Waals surface area contributed by atoms with Crippen molar-refractivity contribution < 1.29 is 14.3 Å². The number of carbonyl (C=O) groups excluding carboxylic acids is 2. The van der Waals surface area contributed by atoms with Crippen molar-refractivity contribution in [2.75, 3.05) is 23.0 Å². The molecule has 2 N–H and O–H groups in total. The first-order valence-electron chi connectivity index (χ1n) is 9.48. The fourth-order valence-corrected chi connectivity index (χ4v) is 3.42. The lowest BCUT2D eigenvalue weighted by Gasteiger charge is -2.16. The number of para-hydroxylation sites is 3. The monoisotopic (exact) mass is 400 g/mol. The van der Waals surface area contributed by atoms with Gasteiger partial charge in [-0.25, -0.2) is 0 Å². The van der Waals surface area contributed by atoms with Crippen molar-refractivity contribution in [2.24, 2.45) is 0 Å². The minimum absolute atomic E-state index is 0.100. The first-order chi connectivity index (χ1) is 13.5. The Morgan fingerprint density at radius 3 is 2.54 bits per heavy atom. The van der Waals surface area contributed by atoms with E-state index in [1.807, 2.05) is 57.2 Å². The van der Waals surface area contributed by atoms with Gasteiger partial charge in [0.05, 0.1) is 23.3 Å². The molecule has 2 aromatic rings. The van der Waals surface area contributed by atoms with Gasteiger partial charge in [0.25, 0.3) is 0 Å². The number of anilines is 2. The summed E-state index contributed by atoms with van der Waals surface area (Å²) in [7, 11) is 0. The molecule has 6 heteroatoms. The van der Waals surface area contributed by atoms with E-state index in [2.05, 4.69) is 17.6 Å². The third-order valence-electron chi connectivity index (χ3n) is 4.28. The maximum atomic E-state index is 12.6. The summed E-state index contributed by atoms with van der Waals surface area (Å²) in [6, 6.07) is 13.3. The van der Waals surface area contributed by atoms with Gasteiger partial charge in [0.1, 0.15) is 5.75 Å². The second-order valence-electron chi connectivity index (χ2n) is 6.38. The molecule has 0 aliphatic heterocycles. The Kier molecular flexibility index (Phi) is 8.39. The SMILES string of the molecule is CCOc1ccccc1NC(=O)CSC(C)C(=O)Nc1c(C)cccc1CC. The molecule has 0 saturated carbocycles. The fourth-order valence-electron chi connectivity index (χ4n) is 2.74. The molecule has 2 rings (SSSR count). The summed E-state index contributed by atoms with van der Waals surface area (Å²) in [6.07, 6.45) is 0.848. The summed E-state index contributed by atoms with van der Waals surface area (Å²) in [4.78, 5) is 24.8. The van der Waals surface area contributed by atoms with Gasteiger partial charge in [-0.3, -0.25) is 9.59 Å². The van der Waals surface area contributed by atoms with E-state index in [1.54, 1.807) is 6.07 Å². The number of rotatable bonds is 9. The molecule has 0 heterocycles. The van der Waals surface area contributed by atoms with Crippen LogP contribution in [0.5, 0.6) is 5.75 Å². The molecule has 0 fully saturated rings. The van der Waals surface area contributed by atoms with Crippen LogP contribution in [0.2, 0.25) is 0 Å². The predicted octanol–water partition coefficient (Wildman–Crippen LogP) is 4.66. The third kappa shape index (κ3) is 6.02. The highest BCUT2D eigenvalue weighted by Gasteiger charge is 2.18. The summed E-state index contributed by atoms with van der Waals surface area (Å²) in [6.45, 7) is 8.28. The highest BCUT2D eigenvalue weighted by Crippen LogP contribution is 2.25. The van der Waals surface area contributed by atoms with E-state index >= 15 is 0 Å². The third-order valence-corrected chi connectivity index (χ3v) is 5.43. The summed E-state index contributed by atoms with van der Waals surface area (Å²) in [5, 5.41) is 5.52. The van der Waals surface area contributed by atoms with Gasteiger partial charge in [0, 0.05) is 5.69 Å². The van der Waals surface area contributed by atoms with Crippen LogP contribution in [0, 0.1) is 6.92 Å². The van der Waals surface area contributed by atoms with Gasteiger partial charge in [-0.2, -0.15) is 0 Å². The van der Waals surface area contributed by atoms with Gasteiger partial charge in [-0.05, 0) is 50.5 Å². The van der Waals surface area contributed by atoms with E-state index < -0.39 is 0 Å². The van der Waals surface area contributed by atoms with E-state index in [0.29, 0.717) is 18.0 Å². The van der Waals surface area contributed by atoms with Crippen LogP contribution >= 0.6 is 11.8 Å². The summed E-state index contributed by atoms with van der Waals surface area (Å²) >= 11 is 1.30. The summed E-state index contributed by atoms with van der Waals surface area (Å²) in [5.74, 6) is 0.558. The molecule has 1 atom stereocenters. The Labute approximate surface area is 171 Å². The number of nitrogens with one attached hydrogen (secondary N) is 2. The zero-order valence-corrected chi connectivity index (χ0v) is 17.7. The maximum Gasteiger partial charge on any atom is 0.237 e. The van der Waals surface area contributed by atoms with Crippen LogP contribution in [0.25, 0.3) is 0 Å². The van der Waals surface area contributed by atoms with E-state index in [4.69, 9.17) is 4.74 Å². The zero-order chi connectivity index (χ0) is 20.5. The second kappa shape index (κ2) is 10.8. The van der Waals surface area contributed by atoms with Crippen LogP contribution in [-0.4, -0.2) is 29.4 Å². The Morgan fingerprint density at radius 1 is 1.07 bits per heavy atom. The molecular formula is C22H28N2O3S. The van der Waals surface area contributed by atoms with Crippen molar-refractivity contribution in [1.29, 1.82) is 0 Å². The minimum Gasteiger partial charge on any atom is -0.492 e. The highest BCUT2D eigenvalue weighted by molar-refractivity contribution is 8.01. The van der Waals surface area contributed by atoms with Gasteiger partial charge in [-0.15, -0.1) is 11.8 Å². The van der Waals surface area contributed by atoms with Gasteiger partial charge in [0.2, 0.25) is 11.8 Å². The topological polar surface area (TPSA) is 67.4 Å². The van der Waals surface area contributed by atoms with Crippen LogP contribution in [0.4, 0.5) is 11.4 Å². The van der Waals surface area contributed by atoms with E-state index in [1.165, 1.54) is 11.8 Å². The lowest BCUT2D eigenvalue weighted by molar-refractivity contribution is -0.115. The molecule has 0 aliphatic rings. The van der Waals surface area contributed by atoms with Gasteiger partial charge >= 0.3 is 0 Å². The van der Waals surface area contributed by atoms with Crippen molar-refractivity contribution in [3.8, 4) is 5.75 Å². The van der Waals surface area contributed by atoms with E-state index in [0.717, 1.165) is 23.2 Å². The van der Waals surface area contributed by atoms with Gasteiger partial charge < -0.3 is 15.4 Å². The molecule has 0 aliphatic carbocycles. The average molecular weight is 401 g/mol. The summed E-state index contributed by atoms with van der Waals surface area (Å²) < 4.78 is 5.52. The Hall–Kier alpha value is -2.47. The molecule has 0 spiro atoms. The van der Waals surface area contributed by atoms with E-state index in [9.17, 15) is 9.59 Å². The van der Waals surface area contributed by atoms with Crippen molar-refractivity contribution >= 4 is 35.0 Å². The molecule has 0 radical (unpaired) electrons. The maximum absolute atomic E-state index is 12.6. The first-order valence-corrected chi connectivity index (χ1v) is 10.5. The quantitative estimate of drug-likeness (QED) is 0.643. The second-order valence-corrected chi connectivity index (χ2v) is 7.71. The molecule has 2 amide bonds. The Balaban J connectivity index is 1.90. The molecule has 150 valence electrons. The van der Waals surface area contributed by atoms with Crippen molar-refractivity contribution in [3.05, 3.63) is 53.6 Å². The molecule has 5 nitrogen and oxygen atoms in total. The Bertz CT molecular complexity index is 823. The van der Waals surface area contributed by atoms with Gasteiger partial charge in [0.15, 0.2) is 0 Å². The van der Waals surface area contributed by atoms with E-state index in [-0.39, 0.29) is 22.8 Å². The normalized spacial score (nSPS) is 11.6. The number of hydrogen-bond donors (Lipinski definition) is 2. The Morgan fingerprint density at radius 2 is 1.82 bits per heavy atom. The van der Waals surface area contributed by atoms with Gasteiger partial charge in [-0.1, -0.05) is 37.3 Å². The minimum atomic E-state index is -0.350. The molecule has 28 heavy (non-hydrogen) atoms. The predicted molar refractivity (Wildman–Crippen MR) is 117 cm³/mol. The average Bonchev–Trinajstić information content (AvgIpc) is 2.69.